The van der Waals surface area contributed by atoms with Crippen LogP contribution >= 0.6 is 36.4 Å². The fourth-order valence-corrected chi connectivity index (χ4v) is 1.53. The number of halogens is 3. The van der Waals surface area contributed by atoms with Crippen LogP contribution in [-0.2, 0) is 0 Å². The summed E-state index contributed by atoms with van der Waals surface area (Å²) in [6.45, 7) is 3.96. The van der Waals surface area contributed by atoms with Gasteiger partial charge in [-0.3, -0.25) is 0 Å². The molecule has 1 aliphatic rings. The second-order valence-electron chi connectivity index (χ2n) is 2.94. The molecule has 1 aromatic heterocycles. The number of nitrogens with zero attached hydrogens (tertiary/aromatic N) is 3. The van der Waals surface area contributed by atoms with Gasteiger partial charge in [0.05, 0.1) is 0 Å². The predicted molar refractivity (Wildman–Crippen MR) is 66.6 cm³/mol. The van der Waals surface area contributed by atoms with Crippen molar-refractivity contribution in [2.45, 2.75) is 0 Å². The molecule has 0 radical (unpaired) electrons. The highest BCUT2D eigenvalue weighted by molar-refractivity contribution is 6.29. The first kappa shape index (κ1) is 14.7. The Kier molecular flexibility index (Phi) is 6.92. The van der Waals surface area contributed by atoms with Crippen molar-refractivity contribution in [3.05, 3.63) is 17.5 Å². The van der Waals surface area contributed by atoms with Gasteiger partial charge in [-0.25, -0.2) is 9.97 Å². The summed E-state index contributed by atoms with van der Waals surface area (Å²) in [6.07, 6.45) is 1.50. The summed E-state index contributed by atoms with van der Waals surface area (Å²) in [5.41, 5.74) is 0. The zero-order valence-electron chi connectivity index (χ0n) is 8.02. The lowest BCUT2D eigenvalue weighted by atomic mass is 10.3. The van der Waals surface area contributed by atoms with Crippen LogP contribution in [0.25, 0.3) is 0 Å². The van der Waals surface area contributed by atoms with E-state index >= 15 is 0 Å². The topological polar surface area (TPSA) is 41.0 Å². The molecule has 4 nitrogen and oxygen atoms in total. The molecule has 7 heteroatoms. The number of nitrogens with one attached hydrogen (secondary N) is 1. The van der Waals surface area contributed by atoms with Crippen LogP contribution in [-0.4, -0.2) is 36.1 Å². The van der Waals surface area contributed by atoms with Crippen molar-refractivity contribution in [3.63, 3.8) is 0 Å². The van der Waals surface area contributed by atoms with Crippen LogP contribution in [0.5, 0.6) is 0 Å². The van der Waals surface area contributed by atoms with E-state index in [1.54, 1.807) is 6.07 Å². The van der Waals surface area contributed by atoms with E-state index in [4.69, 9.17) is 11.6 Å². The number of rotatable bonds is 1. The minimum Gasteiger partial charge on any atom is -0.354 e. The Balaban J connectivity index is 0.000000980. The van der Waals surface area contributed by atoms with E-state index in [9.17, 15) is 0 Å². The number of anilines is 1. The van der Waals surface area contributed by atoms with Gasteiger partial charge >= 0.3 is 0 Å². The molecule has 1 N–H and O–H groups in total. The van der Waals surface area contributed by atoms with E-state index < -0.39 is 0 Å². The molecular formula is C8H13Cl3N4. The summed E-state index contributed by atoms with van der Waals surface area (Å²) in [4.78, 5) is 10.2. The summed E-state index contributed by atoms with van der Waals surface area (Å²) in [6, 6.07) is 1.80. The normalized spacial score (nSPS) is 15.1. The molecule has 0 atom stereocenters. The first-order valence-electron chi connectivity index (χ1n) is 4.29. The molecule has 0 aliphatic carbocycles. The second-order valence-corrected chi connectivity index (χ2v) is 3.32. The van der Waals surface area contributed by atoms with Gasteiger partial charge in [-0.1, -0.05) is 11.6 Å². The molecule has 0 amide bonds. The van der Waals surface area contributed by atoms with E-state index in [-0.39, 0.29) is 24.8 Å². The van der Waals surface area contributed by atoms with Crippen molar-refractivity contribution in [2.75, 3.05) is 31.1 Å². The van der Waals surface area contributed by atoms with Crippen LogP contribution in [0.3, 0.4) is 0 Å². The third kappa shape index (κ3) is 3.99. The highest BCUT2D eigenvalue weighted by Crippen LogP contribution is 2.13. The Morgan fingerprint density at radius 2 is 1.87 bits per heavy atom. The van der Waals surface area contributed by atoms with Gasteiger partial charge in [-0.15, -0.1) is 24.8 Å². The van der Waals surface area contributed by atoms with Gasteiger partial charge in [0.25, 0.3) is 0 Å². The maximum absolute atomic E-state index is 5.77. The summed E-state index contributed by atoms with van der Waals surface area (Å²) in [5, 5.41) is 3.78. The summed E-state index contributed by atoms with van der Waals surface area (Å²) >= 11 is 5.77. The van der Waals surface area contributed by atoms with Crippen LogP contribution in [0.1, 0.15) is 0 Å². The monoisotopic (exact) mass is 270 g/mol. The Hall–Kier alpha value is -0.290. The molecule has 0 unspecified atom stereocenters. The van der Waals surface area contributed by atoms with Gasteiger partial charge in [-0.05, 0) is 0 Å². The van der Waals surface area contributed by atoms with Crippen LogP contribution in [0.15, 0.2) is 12.4 Å². The van der Waals surface area contributed by atoms with Crippen LogP contribution < -0.4 is 10.2 Å². The Labute approximate surface area is 106 Å². The van der Waals surface area contributed by atoms with Crippen molar-refractivity contribution < 1.29 is 0 Å². The van der Waals surface area contributed by atoms with Gasteiger partial charge < -0.3 is 10.2 Å². The molecule has 1 saturated heterocycles. The molecule has 1 aliphatic heterocycles. The Morgan fingerprint density at radius 1 is 1.20 bits per heavy atom. The molecule has 1 aromatic rings. The minimum absolute atomic E-state index is 0. The summed E-state index contributed by atoms with van der Waals surface area (Å²) < 4.78 is 0. The van der Waals surface area contributed by atoms with Crippen molar-refractivity contribution in [1.29, 1.82) is 0 Å². The maximum Gasteiger partial charge on any atom is 0.134 e. The van der Waals surface area contributed by atoms with Crippen molar-refractivity contribution in [2.24, 2.45) is 0 Å². The van der Waals surface area contributed by atoms with Gasteiger partial charge in [-0.2, -0.15) is 0 Å². The van der Waals surface area contributed by atoms with Crippen LogP contribution in [0, 0.1) is 0 Å². The largest absolute Gasteiger partial charge is 0.354 e. The number of aromatic nitrogens is 2. The number of hydrogen-bond acceptors (Lipinski definition) is 4. The van der Waals surface area contributed by atoms with E-state index in [0.717, 1.165) is 32.0 Å². The zero-order valence-corrected chi connectivity index (χ0v) is 10.4. The van der Waals surface area contributed by atoms with Crippen LogP contribution in [0.4, 0.5) is 5.82 Å². The molecule has 2 heterocycles. The molecular weight excluding hydrogens is 258 g/mol. The Morgan fingerprint density at radius 3 is 2.47 bits per heavy atom. The average molecular weight is 272 g/mol. The molecule has 0 bridgehead atoms. The van der Waals surface area contributed by atoms with Crippen LogP contribution in [0.2, 0.25) is 5.15 Å². The summed E-state index contributed by atoms with van der Waals surface area (Å²) in [7, 11) is 0. The van der Waals surface area contributed by atoms with Crippen molar-refractivity contribution in [3.8, 4) is 0 Å². The van der Waals surface area contributed by atoms with E-state index in [2.05, 4.69) is 20.2 Å². The molecule has 2 rings (SSSR count). The van der Waals surface area contributed by atoms with Crippen molar-refractivity contribution >= 4 is 42.2 Å². The highest BCUT2D eigenvalue weighted by Gasteiger charge is 2.11. The van der Waals surface area contributed by atoms with Crippen molar-refractivity contribution in [1.82, 2.24) is 15.3 Å². The van der Waals surface area contributed by atoms with Gasteiger partial charge in [0.1, 0.15) is 17.3 Å². The minimum atomic E-state index is 0. The molecule has 0 spiro atoms. The molecule has 1 fully saturated rings. The smallest absolute Gasteiger partial charge is 0.134 e. The maximum atomic E-state index is 5.77. The first-order chi connectivity index (χ1) is 6.36. The summed E-state index contributed by atoms with van der Waals surface area (Å²) in [5.74, 6) is 0.918. The molecule has 15 heavy (non-hydrogen) atoms. The predicted octanol–water partition coefficient (Wildman–Crippen LogP) is 1.38. The number of hydrogen-bond donors (Lipinski definition) is 1. The molecule has 0 saturated carbocycles. The number of piperazine rings is 1. The lowest BCUT2D eigenvalue weighted by Crippen LogP contribution is -2.43. The highest BCUT2D eigenvalue weighted by atomic mass is 35.5. The third-order valence-corrected chi connectivity index (χ3v) is 2.27. The van der Waals surface area contributed by atoms with Gasteiger partial charge in [0.15, 0.2) is 0 Å². The lowest BCUT2D eigenvalue weighted by Gasteiger charge is -2.28. The first-order valence-corrected chi connectivity index (χ1v) is 4.67. The van der Waals surface area contributed by atoms with E-state index in [1.807, 2.05) is 0 Å². The quantitative estimate of drug-likeness (QED) is 0.784. The molecule has 86 valence electrons. The van der Waals surface area contributed by atoms with E-state index in [1.165, 1.54) is 6.33 Å². The van der Waals surface area contributed by atoms with E-state index in [0.29, 0.717) is 5.15 Å². The fraction of sp³-hybridized carbons (Fsp3) is 0.500. The zero-order chi connectivity index (χ0) is 9.10. The molecule has 0 aromatic carbocycles. The Bertz CT molecular complexity index is 291. The lowest BCUT2D eigenvalue weighted by molar-refractivity contribution is 0.584. The standard InChI is InChI=1S/C8H11ClN4.2ClH/c9-7-5-8(12-6-11-7)13-3-1-10-2-4-13;;/h5-6,10H,1-4H2;2*1H. The van der Waals surface area contributed by atoms with Gasteiger partial charge in [0.2, 0.25) is 0 Å². The third-order valence-electron chi connectivity index (χ3n) is 2.06. The second kappa shape index (κ2) is 7.06. The SMILES string of the molecule is Cl.Cl.Clc1cc(N2CCNCC2)ncn1. The fourth-order valence-electron chi connectivity index (χ4n) is 1.39. The average Bonchev–Trinajstić information content (AvgIpc) is 2.19. The van der Waals surface area contributed by atoms with Gasteiger partial charge in [0, 0.05) is 32.2 Å².